The van der Waals surface area contributed by atoms with Gasteiger partial charge in [0.15, 0.2) is 5.11 Å². The zero-order valence-electron chi connectivity index (χ0n) is 18.5. The Morgan fingerprint density at radius 3 is 2.91 bits per heavy atom. The lowest BCUT2D eigenvalue weighted by molar-refractivity contribution is 0.0904. The van der Waals surface area contributed by atoms with E-state index < -0.39 is 0 Å². The van der Waals surface area contributed by atoms with Crippen molar-refractivity contribution in [2.24, 2.45) is 0 Å². The van der Waals surface area contributed by atoms with Gasteiger partial charge in [0, 0.05) is 35.3 Å². The zero-order chi connectivity index (χ0) is 22.5. The third-order valence-electron chi connectivity index (χ3n) is 5.57. The molecule has 6 nitrogen and oxygen atoms in total. The minimum absolute atomic E-state index is 0.108. The first-order chi connectivity index (χ1) is 15.5. The fourth-order valence-electron chi connectivity index (χ4n) is 3.99. The first-order valence-corrected chi connectivity index (χ1v) is 11.5. The average Bonchev–Trinajstić information content (AvgIpc) is 3.27. The van der Waals surface area contributed by atoms with E-state index in [9.17, 15) is 4.79 Å². The number of nitrogens with zero attached hydrogens (tertiary/aromatic N) is 1. The summed E-state index contributed by atoms with van der Waals surface area (Å²) in [6.07, 6.45) is 2.15. The topological polar surface area (TPSA) is 66.6 Å². The normalized spacial score (nSPS) is 15.6. The van der Waals surface area contributed by atoms with Gasteiger partial charge >= 0.3 is 0 Å². The second-order valence-electron chi connectivity index (χ2n) is 8.12. The number of nitrogens with one attached hydrogen (secondary N) is 2. The Morgan fingerprint density at radius 2 is 2.16 bits per heavy atom. The Kier molecular flexibility index (Phi) is 7.07. The second kappa shape index (κ2) is 10.1. The second-order valence-corrected chi connectivity index (χ2v) is 8.51. The Morgan fingerprint density at radius 1 is 1.28 bits per heavy atom. The molecule has 3 aromatic rings. The van der Waals surface area contributed by atoms with Gasteiger partial charge in [-0.25, -0.2) is 0 Å². The fraction of sp³-hybridized carbons (Fsp3) is 0.360. The van der Waals surface area contributed by atoms with E-state index in [1.165, 1.54) is 0 Å². The third kappa shape index (κ3) is 5.47. The van der Waals surface area contributed by atoms with Gasteiger partial charge in [-0.3, -0.25) is 4.79 Å². The summed E-state index contributed by atoms with van der Waals surface area (Å²) in [6, 6.07) is 15.7. The highest BCUT2D eigenvalue weighted by molar-refractivity contribution is 7.80. The van der Waals surface area contributed by atoms with Gasteiger partial charge in [-0.15, -0.1) is 0 Å². The Hall–Kier alpha value is -2.90. The number of aromatic amines is 1. The van der Waals surface area contributed by atoms with Crippen molar-refractivity contribution in [1.29, 1.82) is 0 Å². The van der Waals surface area contributed by atoms with Gasteiger partial charge in [0.05, 0.1) is 19.3 Å². The SMILES string of the molecule is CCOc1ccc2[nH]c(=O)c(CN(CC3CCCO3)C(=S)Nc3cccc(C)c3)cc2c1. The number of benzene rings is 2. The van der Waals surface area contributed by atoms with Crippen molar-refractivity contribution >= 4 is 33.9 Å². The highest BCUT2D eigenvalue weighted by Crippen LogP contribution is 2.21. The molecule has 0 saturated carbocycles. The molecule has 7 heteroatoms. The van der Waals surface area contributed by atoms with Crippen molar-refractivity contribution in [3.8, 4) is 5.75 Å². The average molecular weight is 452 g/mol. The van der Waals surface area contributed by atoms with E-state index >= 15 is 0 Å². The molecule has 2 heterocycles. The standard InChI is InChI=1S/C25H29N3O3S/c1-3-30-21-9-10-23-18(14-21)13-19(24(29)27-23)15-28(16-22-8-5-11-31-22)25(32)26-20-7-4-6-17(2)12-20/h4,6-7,9-10,12-14,22H,3,5,8,11,15-16H2,1-2H3,(H,26,32)(H,27,29). The number of rotatable bonds is 7. The van der Waals surface area contributed by atoms with Gasteiger partial charge in [-0.05, 0) is 80.9 Å². The number of thiocarbonyl (C=S) groups is 1. The number of hydrogen-bond acceptors (Lipinski definition) is 4. The Bertz CT molecular complexity index is 1150. The lowest BCUT2D eigenvalue weighted by Gasteiger charge is -2.28. The summed E-state index contributed by atoms with van der Waals surface area (Å²) in [5, 5.41) is 4.84. The molecule has 0 bridgehead atoms. The molecule has 0 amide bonds. The van der Waals surface area contributed by atoms with Crippen LogP contribution in [0.15, 0.2) is 53.3 Å². The van der Waals surface area contributed by atoms with Gasteiger partial charge in [-0.2, -0.15) is 0 Å². The van der Waals surface area contributed by atoms with Crippen LogP contribution >= 0.6 is 12.2 Å². The molecule has 0 aliphatic carbocycles. The fourth-order valence-corrected chi connectivity index (χ4v) is 4.25. The number of H-pyrrole nitrogens is 1. The molecule has 32 heavy (non-hydrogen) atoms. The lowest BCUT2D eigenvalue weighted by Crippen LogP contribution is -2.40. The molecule has 1 saturated heterocycles. The maximum Gasteiger partial charge on any atom is 0.253 e. The van der Waals surface area contributed by atoms with Crippen molar-refractivity contribution in [3.63, 3.8) is 0 Å². The number of anilines is 1. The third-order valence-corrected chi connectivity index (χ3v) is 5.93. The number of aromatic nitrogens is 1. The van der Waals surface area contributed by atoms with Crippen molar-refractivity contribution in [1.82, 2.24) is 9.88 Å². The van der Waals surface area contributed by atoms with Crippen LogP contribution in [0.4, 0.5) is 5.69 Å². The van der Waals surface area contributed by atoms with Crippen LogP contribution in [0.2, 0.25) is 0 Å². The summed E-state index contributed by atoms with van der Waals surface area (Å²) in [7, 11) is 0. The van der Waals surface area contributed by atoms with Gasteiger partial charge in [-0.1, -0.05) is 12.1 Å². The van der Waals surface area contributed by atoms with E-state index in [-0.39, 0.29) is 11.7 Å². The van der Waals surface area contributed by atoms with Gasteiger partial charge in [0.25, 0.3) is 5.56 Å². The van der Waals surface area contributed by atoms with Crippen LogP contribution in [0.1, 0.15) is 30.9 Å². The number of fused-ring (bicyclic) bond motifs is 1. The monoisotopic (exact) mass is 451 g/mol. The van der Waals surface area contributed by atoms with Crippen LogP contribution in [-0.2, 0) is 11.3 Å². The van der Waals surface area contributed by atoms with E-state index in [0.29, 0.717) is 30.4 Å². The summed E-state index contributed by atoms with van der Waals surface area (Å²) >= 11 is 5.76. The quantitative estimate of drug-likeness (QED) is 0.511. The summed E-state index contributed by atoms with van der Waals surface area (Å²) in [4.78, 5) is 17.8. The van der Waals surface area contributed by atoms with Crippen LogP contribution in [0.25, 0.3) is 10.9 Å². The smallest absolute Gasteiger partial charge is 0.253 e. The highest BCUT2D eigenvalue weighted by Gasteiger charge is 2.22. The number of aryl methyl sites for hydroxylation is 1. The molecule has 2 N–H and O–H groups in total. The van der Waals surface area contributed by atoms with Crippen molar-refractivity contribution in [2.45, 2.75) is 39.3 Å². The van der Waals surface area contributed by atoms with Crippen LogP contribution < -0.4 is 15.6 Å². The first-order valence-electron chi connectivity index (χ1n) is 11.0. The highest BCUT2D eigenvalue weighted by atomic mass is 32.1. The maximum atomic E-state index is 12.8. The molecule has 0 radical (unpaired) electrons. The van der Waals surface area contributed by atoms with Crippen LogP contribution in [0.3, 0.4) is 0 Å². The van der Waals surface area contributed by atoms with E-state index in [1.807, 2.05) is 61.2 Å². The molecule has 4 rings (SSSR count). The number of hydrogen-bond donors (Lipinski definition) is 2. The van der Waals surface area contributed by atoms with Gasteiger partial charge < -0.3 is 24.7 Å². The summed E-state index contributed by atoms with van der Waals surface area (Å²) in [5.74, 6) is 0.783. The largest absolute Gasteiger partial charge is 0.494 e. The number of pyridine rings is 1. The van der Waals surface area contributed by atoms with E-state index in [0.717, 1.165) is 47.4 Å². The molecule has 1 atom stereocenters. The van der Waals surface area contributed by atoms with Gasteiger partial charge in [0.1, 0.15) is 5.75 Å². The van der Waals surface area contributed by atoms with E-state index in [1.54, 1.807) is 0 Å². The van der Waals surface area contributed by atoms with Crippen LogP contribution in [-0.4, -0.2) is 40.9 Å². The minimum atomic E-state index is -0.114. The molecule has 1 unspecified atom stereocenters. The van der Waals surface area contributed by atoms with Crippen LogP contribution in [0.5, 0.6) is 5.75 Å². The van der Waals surface area contributed by atoms with Crippen molar-refractivity contribution in [3.05, 3.63) is 70.0 Å². The van der Waals surface area contributed by atoms with E-state index in [2.05, 4.69) is 16.4 Å². The Balaban J connectivity index is 1.60. The molecular formula is C25H29N3O3S. The van der Waals surface area contributed by atoms with Crippen molar-refractivity contribution in [2.75, 3.05) is 25.1 Å². The number of ether oxygens (including phenoxy) is 2. The maximum absolute atomic E-state index is 12.8. The molecule has 0 spiro atoms. The predicted molar refractivity (Wildman–Crippen MR) is 133 cm³/mol. The first kappa shape index (κ1) is 22.3. The predicted octanol–water partition coefficient (Wildman–Crippen LogP) is 4.61. The van der Waals surface area contributed by atoms with Crippen molar-refractivity contribution < 1.29 is 9.47 Å². The van der Waals surface area contributed by atoms with Crippen LogP contribution in [0, 0.1) is 6.92 Å². The summed E-state index contributed by atoms with van der Waals surface area (Å²) in [5.41, 5.74) is 3.41. The molecule has 2 aromatic carbocycles. The molecule has 1 aliphatic heterocycles. The van der Waals surface area contributed by atoms with E-state index in [4.69, 9.17) is 21.7 Å². The molecular weight excluding hydrogens is 422 g/mol. The van der Waals surface area contributed by atoms with Gasteiger partial charge in [0.2, 0.25) is 0 Å². The molecule has 1 fully saturated rings. The molecule has 1 aliphatic rings. The minimum Gasteiger partial charge on any atom is -0.494 e. The molecule has 1 aromatic heterocycles. The summed E-state index contributed by atoms with van der Waals surface area (Å²) < 4.78 is 11.5. The summed E-state index contributed by atoms with van der Waals surface area (Å²) in [6.45, 7) is 6.38. The molecule has 168 valence electrons. The lowest BCUT2D eigenvalue weighted by atomic mass is 10.1. The zero-order valence-corrected chi connectivity index (χ0v) is 19.3. The Labute approximate surface area is 193 Å².